The molecule has 0 fully saturated rings. The zero-order chi connectivity index (χ0) is 19.4. The Morgan fingerprint density at radius 1 is 1.30 bits per heavy atom. The van der Waals surface area contributed by atoms with Crippen molar-refractivity contribution in [2.24, 2.45) is 7.05 Å². The molecule has 3 aromatic rings. The molecular weight excluding hydrogens is 369 g/mol. The van der Waals surface area contributed by atoms with Gasteiger partial charge in [-0.1, -0.05) is 29.8 Å². The number of hydrogen-bond donors (Lipinski definition) is 1. The van der Waals surface area contributed by atoms with Crippen LogP contribution < -0.4 is 10.1 Å². The highest BCUT2D eigenvalue weighted by Crippen LogP contribution is 2.24. The molecule has 1 aromatic heterocycles. The van der Waals surface area contributed by atoms with Crippen molar-refractivity contribution in [2.75, 3.05) is 7.11 Å². The number of methoxy groups -OCH3 is 1. The first kappa shape index (κ1) is 18.9. The summed E-state index contributed by atoms with van der Waals surface area (Å²) in [5.74, 6) is 0.511. The molecule has 3 rings (SSSR count). The van der Waals surface area contributed by atoms with Crippen molar-refractivity contribution in [1.29, 1.82) is 0 Å². The molecule has 140 valence electrons. The van der Waals surface area contributed by atoms with E-state index in [1.165, 1.54) is 12.1 Å². The van der Waals surface area contributed by atoms with E-state index in [4.69, 9.17) is 16.3 Å². The van der Waals surface area contributed by atoms with Crippen LogP contribution in [0.4, 0.5) is 4.39 Å². The molecule has 5 nitrogen and oxygen atoms in total. The van der Waals surface area contributed by atoms with Gasteiger partial charge >= 0.3 is 0 Å². The average Bonchev–Trinajstić information content (AvgIpc) is 3.09. The molecule has 0 radical (unpaired) electrons. The molecule has 0 bridgehead atoms. The number of imidazole rings is 1. The number of carbonyl (C=O) groups excluding carboxylic acids is 1. The predicted molar refractivity (Wildman–Crippen MR) is 101 cm³/mol. The van der Waals surface area contributed by atoms with E-state index in [9.17, 15) is 9.18 Å². The number of aryl methyl sites for hydroxylation is 1. The summed E-state index contributed by atoms with van der Waals surface area (Å²) >= 11 is 6.03. The first-order valence-corrected chi connectivity index (χ1v) is 8.71. The zero-order valence-corrected chi connectivity index (χ0v) is 15.7. The van der Waals surface area contributed by atoms with Crippen molar-refractivity contribution < 1.29 is 13.9 Å². The Morgan fingerprint density at radius 3 is 2.63 bits per heavy atom. The molecule has 7 heteroatoms. The van der Waals surface area contributed by atoms with E-state index in [1.807, 2.05) is 35.9 Å². The van der Waals surface area contributed by atoms with Gasteiger partial charge in [0.1, 0.15) is 23.4 Å². The summed E-state index contributed by atoms with van der Waals surface area (Å²) in [4.78, 5) is 17.0. The Hall–Kier alpha value is -2.86. The van der Waals surface area contributed by atoms with E-state index in [0.717, 1.165) is 5.56 Å². The van der Waals surface area contributed by atoms with Crippen LogP contribution in [0.1, 0.15) is 23.0 Å². The number of nitrogens with zero attached hydrogens (tertiary/aromatic N) is 2. The SMILES string of the molecule is COc1ccc(C(NC(=O)Cc2c(F)cccc2Cl)c2nccn2C)cc1. The number of carbonyl (C=O) groups is 1. The maximum absolute atomic E-state index is 14.0. The Balaban J connectivity index is 1.87. The quantitative estimate of drug-likeness (QED) is 0.702. The van der Waals surface area contributed by atoms with Gasteiger partial charge < -0.3 is 14.6 Å². The average molecular weight is 388 g/mol. The lowest BCUT2D eigenvalue weighted by Gasteiger charge is -2.20. The van der Waals surface area contributed by atoms with Crippen molar-refractivity contribution in [3.8, 4) is 5.75 Å². The lowest BCUT2D eigenvalue weighted by molar-refractivity contribution is -0.121. The molecular formula is C20H19ClFN3O2. The molecule has 0 aliphatic rings. The Labute approximate surface area is 161 Å². The molecule has 0 aliphatic heterocycles. The summed E-state index contributed by atoms with van der Waals surface area (Å²) in [5.41, 5.74) is 1.00. The van der Waals surface area contributed by atoms with Crippen molar-refractivity contribution in [1.82, 2.24) is 14.9 Å². The van der Waals surface area contributed by atoms with Gasteiger partial charge in [0.25, 0.3) is 0 Å². The summed E-state index contributed by atoms with van der Waals surface area (Å²) in [6, 6.07) is 11.2. The number of amides is 1. The second-order valence-corrected chi connectivity index (χ2v) is 6.45. The number of nitrogens with one attached hydrogen (secondary N) is 1. The molecule has 0 spiro atoms. The summed E-state index contributed by atoms with van der Waals surface area (Å²) in [7, 11) is 3.43. The lowest BCUT2D eigenvalue weighted by Crippen LogP contribution is -2.32. The van der Waals surface area contributed by atoms with E-state index in [2.05, 4.69) is 10.3 Å². The highest BCUT2D eigenvalue weighted by Gasteiger charge is 2.22. The van der Waals surface area contributed by atoms with Gasteiger partial charge in [0.2, 0.25) is 5.91 Å². The molecule has 27 heavy (non-hydrogen) atoms. The molecule has 1 amide bonds. The number of hydrogen-bond acceptors (Lipinski definition) is 3. The van der Waals surface area contributed by atoms with E-state index in [1.54, 1.807) is 25.6 Å². The Bertz CT molecular complexity index is 920. The summed E-state index contributed by atoms with van der Waals surface area (Å²) in [5, 5.41) is 3.15. The number of aromatic nitrogens is 2. The predicted octanol–water partition coefficient (Wildman–Crippen LogP) is 3.67. The van der Waals surface area contributed by atoms with Crippen molar-refractivity contribution in [2.45, 2.75) is 12.5 Å². The van der Waals surface area contributed by atoms with Gasteiger partial charge in [-0.25, -0.2) is 9.37 Å². The molecule has 0 saturated carbocycles. The zero-order valence-electron chi connectivity index (χ0n) is 14.9. The van der Waals surface area contributed by atoms with Gasteiger partial charge in [0, 0.05) is 30.0 Å². The van der Waals surface area contributed by atoms with Crippen LogP contribution in [0.3, 0.4) is 0 Å². The molecule has 1 unspecified atom stereocenters. The van der Waals surface area contributed by atoms with E-state index in [0.29, 0.717) is 11.6 Å². The largest absolute Gasteiger partial charge is 0.497 e. The van der Waals surface area contributed by atoms with Crippen LogP contribution in [-0.2, 0) is 18.3 Å². The van der Waals surface area contributed by atoms with Gasteiger partial charge in [-0.3, -0.25) is 4.79 Å². The summed E-state index contributed by atoms with van der Waals surface area (Å²) < 4.78 is 21.0. The molecule has 1 heterocycles. The first-order valence-electron chi connectivity index (χ1n) is 8.33. The fraction of sp³-hybridized carbons (Fsp3) is 0.200. The minimum Gasteiger partial charge on any atom is -0.497 e. The van der Waals surface area contributed by atoms with Crippen LogP contribution in [0.15, 0.2) is 54.9 Å². The van der Waals surface area contributed by atoms with Crippen molar-refractivity contribution in [3.05, 3.63) is 82.6 Å². The van der Waals surface area contributed by atoms with E-state index < -0.39 is 11.9 Å². The summed E-state index contributed by atoms with van der Waals surface area (Å²) in [6.07, 6.45) is 3.29. The van der Waals surface area contributed by atoms with Crippen LogP contribution in [0.5, 0.6) is 5.75 Å². The fourth-order valence-electron chi connectivity index (χ4n) is 2.82. The first-order chi connectivity index (χ1) is 13.0. The monoisotopic (exact) mass is 387 g/mol. The minimum absolute atomic E-state index is 0.164. The number of ether oxygens (including phenoxy) is 1. The lowest BCUT2D eigenvalue weighted by atomic mass is 10.0. The third kappa shape index (κ3) is 4.28. The molecule has 1 atom stereocenters. The second kappa shape index (κ2) is 8.22. The number of rotatable bonds is 6. The Morgan fingerprint density at radius 2 is 2.04 bits per heavy atom. The van der Waals surface area contributed by atoms with Gasteiger partial charge in [-0.15, -0.1) is 0 Å². The smallest absolute Gasteiger partial charge is 0.225 e. The topological polar surface area (TPSA) is 56.1 Å². The summed E-state index contributed by atoms with van der Waals surface area (Å²) in [6.45, 7) is 0. The number of benzene rings is 2. The minimum atomic E-state index is -0.504. The maximum atomic E-state index is 14.0. The number of halogens is 2. The van der Waals surface area contributed by atoms with Gasteiger partial charge in [0.15, 0.2) is 0 Å². The van der Waals surface area contributed by atoms with Crippen LogP contribution >= 0.6 is 11.6 Å². The van der Waals surface area contributed by atoms with Crippen LogP contribution in [-0.4, -0.2) is 22.6 Å². The van der Waals surface area contributed by atoms with E-state index >= 15 is 0 Å². The third-order valence-electron chi connectivity index (χ3n) is 4.27. The molecule has 1 N–H and O–H groups in total. The Kier molecular flexibility index (Phi) is 5.76. The molecule has 0 saturated heterocycles. The molecule has 2 aromatic carbocycles. The standard InChI is InChI=1S/C20H19ClFN3O2/c1-25-11-10-23-20(25)19(13-6-8-14(27-2)9-7-13)24-18(26)12-15-16(21)4-3-5-17(15)22/h3-11,19H,12H2,1-2H3,(H,24,26). The van der Waals surface area contributed by atoms with Gasteiger partial charge in [0.05, 0.1) is 13.5 Å². The van der Waals surface area contributed by atoms with Gasteiger partial charge in [-0.2, -0.15) is 0 Å². The van der Waals surface area contributed by atoms with Crippen LogP contribution in [0, 0.1) is 5.82 Å². The van der Waals surface area contributed by atoms with Crippen LogP contribution in [0.2, 0.25) is 5.02 Å². The van der Waals surface area contributed by atoms with Crippen LogP contribution in [0.25, 0.3) is 0 Å². The maximum Gasteiger partial charge on any atom is 0.225 e. The fourth-order valence-corrected chi connectivity index (χ4v) is 3.05. The highest BCUT2D eigenvalue weighted by atomic mass is 35.5. The highest BCUT2D eigenvalue weighted by molar-refractivity contribution is 6.31. The third-order valence-corrected chi connectivity index (χ3v) is 4.62. The van der Waals surface area contributed by atoms with Gasteiger partial charge in [-0.05, 0) is 29.8 Å². The second-order valence-electron chi connectivity index (χ2n) is 6.05. The van der Waals surface area contributed by atoms with E-state index in [-0.39, 0.29) is 22.9 Å². The van der Waals surface area contributed by atoms with Crippen molar-refractivity contribution in [3.63, 3.8) is 0 Å². The van der Waals surface area contributed by atoms with Crippen molar-refractivity contribution >= 4 is 17.5 Å². The molecule has 0 aliphatic carbocycles. The normalized spacial score (nSPS) is 11.9.